The van der Waals surface area contributed by atoms with E-state index >= 15 is 0 Å². The van der Waals surface area contributed by atoms with Crippen LogP contribution in [0.25, 0.3) is 0 Å². The summed E-state index contributed by atoms with van der Waals surface area (Å²) in [5.41, 5.74) is 0.392. The maximum Gasteiger partial charge on any atom is 0.197 e. The minimum atomic E-state index is -0.615. The van der Waals surface area contributed by atoms with Crippen molar-refractivity contribution in [3.63, 3.8) is 0 Å². The van der Waals surface area contributed by atoms with Crippen LogP contribution in [0.4, 0.5) is 4.39 Å². The van der Waals surface area contributed by atoms with Crippen molar-refractivity contribution in [2.75, 3.05) is 7.11 Å². The molecule has 1 aromatic carbocycles. The Morgan fingerprint density at radius 3 is 2.53 bits per heavy atom. The number of methoxy groups -OCH3 is 1. The van der Waals surface area contributed by atoms with Crippen LogP contribution in [0.3, 0.4) is 0 Å². The highest BCUT2D eigenvalue weighted by Gasteiger charge is 2.19. The van der Waals surface area contributed by atoms with Gasteiger partial charge < -0.3 is 9.84 Å². The van der Waals surface area contributed by atoms with E-state index in [1.54, 1.807) is 13.8 Å². The number of phenolic OH excluding ortho intramolecular Hbond substituents is 1. The average Bonchev–Trinajstić information content (AvgIpc) is 2.18. The monoisotopic (exact) mass is 212 g/mol. The molecule has 1 N–H and O–H groups in total. The molecule has 0 aliphatic rings. The van der Waals surface area contributed by atoms with Gasteiger partial charge in [-0.3, -0.25) is 4.79 Å². The number of hydrogen-bond donors (Lipinski definition) is 1. The molecule has 0 aliphatic carbocycles. The summed E-state index contributed by atoms with van der Waals surface area (Å²) >= 11 is 0. The van der Waals surface area contributed by atoms with Crippen molar-refractivity contribution in [3.05, 3.63) is 23.0 Å². The van der Waals surface area contributed by atoms with Crippen molar-refractivity contribution < 1.29 is 19.0 Å². The Bertz CT molecular complexity index is 386. The number of phenols is 1. The molecule has 0 spiro atoms. The van der Waals surface area contributed by atoms with Crippen molar-refractivity contribution in [2.24, 2.45) is 0 Å². The third kappa shape index (κ3) is 1.93. The summed E-state index contributed by atoms with van der Waals surface area (Å²) in [6.45, 7) is 3.59. The molecule has 0 saturated heterocycles. The number of halogens is 1. The van der Waals surface area contributed by atoms with Crippen LogP contribution in [-0.4, -0.2) is 18.5 Å². The van der Waals surface area contributed by atoms with Gasteiger partial charge >= 0.3 is 0 Å². The molecule has 0 bridgehead atoms. The van der Waals surface area contributed by atoms with Gasteiger partial charge in [-0.15, -0.1) is 0 Å². The molecule has 0 fully saturated rings. The Hall–Kier alpha value is -1.58. The molecule has 4 heteroatoms. The topological polar surface area (TPSA) is 46.5 Å². The molecule has 3 nitrogen and oxygen atoms in total. The number of benzene rings is 1. The lowest BCUT2D eigenvalue weighted by molar-refractivity contribution is 0.112. The molecule has 1 rings (SSSR count). The van der Waals surface area contributed by atoms with E-state index in [-0.39, 0.29) is 17.2 Å². The zero-order valence-electron chi connectivity index (χ0n) is 8.87. The van der Waals surface area contributed by atoms with Gasteiger partial charge in [0.15, 0.2) is 23.6 Å². The van der Waals surface area contributed by atoms with Gasteiger partial charge in [-0.05, 0) is 17.5 Å². The molecule has 0 unspecified atom stereocenters. The summed E-state index contributed by atoms with van der Waals surface area (Å²) in [6.07, 6.45) is 0.475. The van der Waals surface area contributed by atoms with Crippen LogP contribution in [0, 0.1) is 5.82 Å². The molecule has 1 aromatic rings. The van der Waals surface area contributed by atoms with Crippen LogP contribution in [0.1, 0.15) is 35.7 Å². The second kappa shape index (κ2) is 4.29. The molecule has 0 atom stereocenters. The quantitative estimate of drug-likeness (QED) is 0.783. The molecule has 82 valence electrons. The highest BCUT2D eigenvalue weighted by molar-refractivity contribution is 5.81. The Morgan fingerprint density at radius 2 is 2.13 bits per heavy atom. The number of rotatable bonds is 3. The minimum absolute atomic E-state index is 0.0388. The number of carbonyl (C=O) groups is 1. The van der Waals surface area contributed by atoms with E-state index in [0.29, 0.717) is 11.8 Å². The fourth-order valence-corrected chi connectivity index (χ4v) is 1.36. The molecule has 0 aromatic heterocycles. The highest BCUT2D eigenvalue weighted by atomic mass is 19.1. The highest BCUT2D eigenvalue weighted by Crippen LogP contribution is 2.36. The summed E-state index contributed by atoms with van der Waals surface area (Å²) < 4.78 is 18.4. The second-order valence-electron chi connectivity index (χ2n) is 3.52. The molecule has 0 radical (unpaired) electrons. The van der Waals surface area contributed by atoms with E-state index in [2.05, 4.69) is 0 Å². The largest absolute Gasteiger partial charge is 0.504 e. The van der Waals surface area contributed by atoms with Gasteiger partial charge in [-0.1, -0.05) is 13.8 Å². The Kier molecular flexibility index (Phi) is 3.29. The van der Waals surface area contributed by atoms with Gasteiger partial charge in [0.05, 0.1) is 12.7 Å². The lowest BCUT2D eigenvalue weighted by Gasteiger charge is -2.13. The first-order valence-corrected chi connectivity index (χ1v) is 4.57. The molecule has 0 amide bonds. The SMILES string of the molecule is COc1c(O)c(C=O)cc(C(C)C)c1F. The van der Waals surface area contributed by atoms with Gasteiger partial charge in [0, 0.05) is 0 Å². The standard InChI is InChI=1S/C11H13FO3/c1-6(2)8-4-7(5-13)10(14)11(15-3)9(8)12/h4-6,14H,1-3H3. The second-order valence-corrected chi connectivity index (χ2v) is 3.52. The number of carbonyl (C=O) groups excluding carboxylic acids is 1. The van der Waals surface area contributed by atoms with Crippen molar-refractivity contribution >= 4 is 6.29 Å². The summed E-state index contributed by atoms with van der Waals surface area (Å²) in [4.78, 5) is 10.6. The molecule has 0 aliphatic heterocycles. The third-order valence-electron chi connectivity index (χ3n) is 2.21. The predicted octanol–water partition coefficient (Wildman–Crippen LogP) is 2.48. The van der Waals surface area contributed by atoms with E-state index in [0.717, 1.165) is 0 Å². The van der Waals surface area contributed by atoms with Crippen LogP contribution in [0.2, 0.25) is 0 Å². The molecule has 0 heterocycles. The van der Waals surface area contributed by atoms with Gasteiger partial charge in [-0.2, -0.15) is 0 Å². The summed E-state index contributed by atoms with van der Waals surface area (Å²) in [6, 6.07) is 1.34. The number of hydrogen-bond acceptors (Lipinski definition) is 3. The van der Waals surface area contributed by atoms with Crippen LogP contribution in [0.15, 0.2) is 6.07 Å². The maximum atomic E-state index is 13.7. The molecule has 15 heavy (non-hydrogen) atoms. The van der Waals surface area contributed by atoms with Crippen LogP contribution in [-0.2, 0) is 0 Å². The van der Waals surface area contributed by atoms with Gasteiger partial charge in [0.2, 0.25) is 0 Å². The summed E-state index contributed by atoms with van der Waals surface area (Å²) in [5.74, 6) is -1.42. The number of aromatic hydroxyl groups is 1. The summed E-state index contributed by atoms with van der Waals surface area (Å²) in [7, 11) is 1.25. The van der Waals surface area contributed by atoms with Crippen molar-refractivity contribution in [3.8, 4) is 11.5 Å². The lowest BCUT2D eigenvalue weighted by Crippen LogP contribution is -2.00. The van der Waals surface area contributed by atoms with Gasteiger partial charge in [-0.25, -0.2) is 4.39 Å². The smallest absolute Gasteiger partial charge is 0.197 e. The average molecular weight is 212 g/mol. The maximum absolute atomic E-state index is 13.7. The predicted molar refractivity (Wildman–Crippen MR) is 54.1 cm³/mol. The zero-order valence-corrected chi connectivity index (χ0v) is 8.87. The van der Waals surface area contributed by atoms with E-state index in [9.17, 15) is 14.3 Å². The fourth-order valence-electron chi connectivity index (χ4n) is 1.36. The Balaban J connectivity index is 3.51. The van der Waals surface area contributed by atoms with E-state index in [1.807, 2.05) is 0 Å². The Morgan fingerprint density at radius 1 is 1.53 bits per heavy atom. The van der Waals surface area contributed by atoms with Crippen molar-refractivity contribution in [1.82, 2.24) is 0 Å². The molecule has 0 saturated carbocycles. The van der Waals surface area contributed by atoms with Crippen LogP contribution in [0.5, 0.6) is 11.5 Å². The molecular weight excluding hydrogens is 199 g/mol. The number of aldehydes is 1. The van der Waals surface area contributed by atoms with Gasteiger partial charge in [0.25, 0.3) is 0 Å². The van der Waals surface area contributed by atoms with E-state index < -0.39 is 11.6 Å². The first-order chi connectivity index (χ1) is 7.02. The molecular formula is C11H13FO3. The fraction of sp³-hybridized carbons (Fsp3) is 0.364. The first-order valence-electron chi connectivity index (χ1n) is 4.57. The lowest BCUT2D eigenvalue weighted by atomic mass is 9.99. The van der Waals surface area contributed by atoms with Crippen molar-refractivity contribution in [1.29, 1.82) is 0 Å². The van der Waals surface area contributed by atoms with E-state index in [1.165, 1.54) is 13.2 Å². The third-order valence-corrected chi connectivity index (χ3v) is 2.21. The van der Waals surface area contributed by atoms with Crippen LogP contribution >= 0.6 is 0 Å². The van der Waals surface area contributed by atoms with Crippen molar-refractivity contribution in [2.45, 2.75) is 19.8 Å². The first kappa shape index (κ1) is 11.5. The Labute approximate surface area is 87.5 Å². The van der Waals surface area contributed by atoms with E-state index in [4.69, 9.17) is 4.74 Å². The summed E-state index contributed by atoms with van der Waals surface area (Å²) in [5, 5.41) is 9.48. The normalized spacial score (nSPS) is 10.5. The van der Waals surface area contributed by atoms with Gasteiger partial charge in [0.1, 0.15) is 0 Å². The minimum Gasteiger partial charge on any atom is -0.504 e. The van der Waals surface area contributed by atoms with Crippen LogP contribution < -0.4 is 4.74 Å². The zero-order chi connectivity index (χ0) is 11.6. The number of ether oxygens (including phenoxy) is 1.